The Hall–Kier alpha value is -1.54. The van der Waals surface area contributed by atoms with Gasteiger partial charge in [-0.25, -0.2) is 0 Å². The zero-order valence-corrected chi connectivity index (χ0v) is 10.2. The maximum atomic E-state index is 10.7. The molecule has 2 heteroatoms. The van der Waals surface area contributed by atoms with E-state index in [-0.39, 0.29) is 12.2 Å². The minimum atomic E-state index is -1.08. The summed E-state index contributed by atoms with van der Waals surface area (Å²) in [5.41, 5.74) is 0.917. The van der Waals surface area contributed by atoms with E-state index in [1.165, 1.54) is 0 Å². The number of hydrogen-bond acceptors (Lipinski definition) is 2. The Morgan fingerprint density at radius 1 is 1.24 bits per heavy atom. The predicted octanol–water partition coefficient (Wildman–Crippen LogP) is 3.40. The fourth-order valence-corrected chi connectivity index (χ4v) is 2.29. The van der Waals surface area contributed by atoms with Crippen molar-refractivity contribution >= 4 is 0 Å². The Labute approximate surface area is 102 Å². The number of aliphatic hydroxyl groups excluding tert-OH is 1. The van der Waals surface area contributed by atoms with E-state index in [2.05, 4.69) is 13.8 Å². The van der Waals surface area contributed by atoms with Crippen LogP contribution >= 0.6 is 0 Å². The first-order chi connectivity index (χ1) is 8.03. The van der Waals surface area contributed by atoms with Crippen molar-refractivity contribution in [3.63, 3.8) is 0 Å². The molecule has 0 saturated heterocycles. The minimum absolute atomic E-state index is 0.216. The summed E-state index contributed by atoms with van der Waals surface area (Å²) < 4.78 is 0. The van der Waals surface area contributed by atoms with Crippen LogP contribution in [-0.2, 0) is 5.60 Å². The Morgan fingerprint density at radius 2 is 1.94 bits per heavy atom. The van der Waals surface area contributed by atoms with Gasteiger partial charge in [0.25, 0.3) is 0 Å². The van der Waals surface area contributed by atoms with Gasteiger partial charge in [0.2, 0.25) is 0 Å². The van der Waals surface area contributed by atoms with Crippen molar-refractivity contribution in [2.24, 2.45) is 0 Å². The van der Waals surface area contributed by atoms with Gasteiger partial charge in [-0.2, -0.15) is 0 Å². The highest BCUT2D eigenvalue weighted by Crippen LogP contribution is 2.36. The highest BCUT2D eigenvalue weighted by Gasteiger charge is 2.31. The van der Waals surface area contributed by atoms with Crippen molar-refractivity contribution in [3.05, 3.63) is 59.4 Å². The molecule has 1 unspecified atom stereocenters. The zero-order chi connectivity index (χ0) is 12.5. The number of allylic oxidation sites excluding steroid dienone is 2. The van der Waals surface area contributed by atoms with Gasteiger partial charge in [-0.3, -0.25) is 0 Å². The number of benzene rings is 1. The van der Waals surface area contributed by atoms with Crippen LogP contribution in [0.3, 0.4) is 0 Å². The third-order valence-electron chi connectivity index (χ3n) is 3.16. The summed E-state index contributed by atoms with van der Waals surface area (Å²) in [7, 11) is 0. The molecule has 0 fully saturated rings. The molecule has 2 rings (SSSR count). The maximum absolute atomic E-state index is 10.7. The molecule has 0 spiro atoms. The van der Waals surface area contributed by atoms with Gasteiger partial charge in [0.15, 0.2) is 0 Å². The van der Waals surface area contributed by atoms with Crippen molar-refractivity contribution in [3.8, 4) is 0 Å². The summed E-state index contributed by atoms with van der Waals surface area (Å²) in [6.07, 6.45) is 5.31. The fourth-order valence-electron chi connectivity index (χ4n) is 2.29. The van der Waals surface area contributed by atoms with E-state index in [4.69, 9.17) is 0 Å². The van der Waals surface area contributed by atoms with E-state index in [9.17, 15) is 10.2 Å². The normalized spacial score (nSPS) is 23.9. The Bertz CT molecular complexity index is 472. The number of rotatable bonds is 2. The van der Waals surface area contributed by atoms with E-state index in [0.29, 0.717) is 5.92 Å². The molecule has 1 atom stereocenters. The summed E-state index contributed by atoms with van der Waals surface area (Å²) in [6, 6.07) is 7.85. The SMILES string of the molecule is CC(C)c1ccccc1C1(O)C=CC=C(O)C1. The second kappa shape index (κ2) is 4.38. The molecular formula is C15H18O2. The third kappa shape index (κ3) is 2.27. The van der Waals surface area contributed by atoms with Crippen molar-refractivity contribution in [1.82, 2.24) is 0 Å². The van der Waals surface area contributed by atoms with Crippen LogP contribution in [0.2, 0.25) is 0 Å². The van der Waals surface area contributed by atoms with Gasteiger partial charge < -0.3 is 10.2 Å². The minimum Gasteiger partial charge on any atom is -0.512 e. The molecule has 90 valence electrons. The van der Waals surface area contributed by atoms with Crippen LogP contribution in [0, 0.1) is 0 Å². The largest absolute Gasteiger partial charge is 0.512 e. The molecule has 1 aliphatic rings. The lowest BCUT2D eigenvalue weighted by Crippen LogP contribution is -2.27. The Morgan fingerprint density at radius 3 is 2.59 bits per heavy atom. The zero-order valence-electron chi connectivity index (χ0n) is 10.2. The third-order valence-corrected chi connectivity index (χ3v) is 3.16. The molecule has 1 aliphatic carbocycles. The molecule has 1 aromatic carbocycles. The molecule has 0 bridgehead atoms. The van der Waals surface area contributed by atoms with Crippen LogP contribution in [0.1, 0.15) is 37.3 Å². The van der Waals surface area contributed by atoms with Gasteiger partial charge in [-0.15, -0.1) is 0 Å². The van der Waals surface area contributed by atoms with E-state index in [1.807, 2.05) is 24.3 Å². The van der Waals surface area contributed by atoms with Crippen molar-refractivity contribution in [1.29, 1.82) is 0 Å². The first kappa shape index (κ1) is 11.9. The van der Waals surface area contributed by atoms with E-state index in [1.54, 1.807) is 18.2 Å². The Kier molecular flexibility index (Phi) is 3.07. The highest BCUT2D eigenvalue weighted by molar-refractivity contribution is 5.40. The molecule has 0 heterocycles. The van der Waals surface area contributed by atoms with Gasteiger partial charge in [0.05, 0.1) is 5.76 Å². The number of hydrogen-bond donors (Lipinski definition) is 2. The van der Waals surface area contributed by atoms with Crippen LogP contribution in [0.4, 0.5) is 0 Å². The molecule has 0 aromatic heterocycles. The van der Waals surface area contributed by atoms with Gasteiger partial charge in [0.1, 0.15) is 5.60 Å². The van der Waals surface area contributed by atoms with Crippen LogP contribution in [-0.4, -0.2) is 10.2 Å². The lowest BCUT2D eigenvalue weighted by Gasteiger charge is -2.30. The lowest BCUT2D eigenvalue weighted by atomic mass is 9.81. The average Bonchev–Trinajstić information content (AvgIpc) is 2.28. The standard InChI is InChI=1S/C15H18O2/c1-11(2)13-7-3-4-8-14(13)15(17)9-5-6-12(16)10-15/h3-9,11,16-17H,10H2,1-2H3. The van der Waals surface area contributed by atoms with Crippen molar-refractivity contribution in [2.45, 2.75) is 31.8 Å². The molecule has 0 aliphatic heterocycles. The first-order valence-electron chi connectivity index (χ1n) is 5.92. The summed E-state index contributed by atoms with van der Waals surface area (Å²) in [5.74, 6) is 0.560. The summed E-state index contributed by atoms with van der Waals surface area (Å²) in [6.45, 7) is 4.20. The lowest BCUT2D eigenvalue weighted by molar-refractivity contribution is 0.0740. The van der Waals surface area contributed by atoms with Crippen molar-refractivity contribution in [2.75, 3.05) is 0 Å². The second-order valence-electron chi connectivity index (χ2n) is 4.86. The molecule has 0 radical (unpaired) electrons. The molecule has 17 heavy (non-hydrogen) atoms. The van der Waals surface area contributed by atoms with Crippen LogP contribution < -0.4 is 0 Å². The summed E-state index contributed by atoms with van der Waals surface area (Å²) >= 11 is 0. The smallest absolute Gasteiger partial charge is 0.115 e. The maximum Gasteiger partial charge on any atom is 0.115 e. The average molecular weight is 230 g/mol. The van der Waals surface area contributed by atoms with Gasteiger partial charge >= 0.3 is 0 Å². The monoisotopic (exact) mass is 230 g/mol. The topological polar surface area (TPSA) is 40.5 Å². The fraction of sp³-hybridized carbons (Fsp3) is 0.333. The molecule has 1 aromatic rings. The van der Waals surface area contributed by atoms with Crippen LogP contribution in [0.5, 0.6) is 0 Å². The first-order valence-corrected chi connectivity index (χ1v) is 5.92. The predicted molar refractivity (Wildman–Crippen MR) is 68.9 cm³/mol. The molecule has 0 saturated carbocycles. The quantitative estimate of drug-likeness (QED) is 0.817. The molecule has 2 N–H and O–H groups in total. The number of aliphatic hydroxyl groups is 2. The summed E-state index contributed by atoms with van der Waals surface area (Å²) in [5, 5.41) is 20.2. The summed E-state index contributed by atoms with van der Waals surface area (Å²) in [4.78, 5) is 0. The Balaban J connectivity index is 2.47. The molecule has 0 amide bonds. The van der Waals surface area contributed by atoms with E-state index < -0.39 is 5.60 Å². The van der Waals surface area contributed by atoms with Gasteiger partial charge in [0, 0.05) is 6.42 Å². The van der Waals surface area contributed by atoms with Gasteiger partial charge in [-0.1, -0.05) is 44.2 Å². The van der Waals surface area contributed by atoms with Gasteiger partial charge in [-0.05, 0) is 29.2 Å². The van der Waals surface area contributed by atoms with E-state index >= 15 is 0 Å². The second-order valence-corrected chi connectivity index (χ2v) is 4.86. The molecule has 2 nitrogen and oxygen atoms in total. The van der Waals surface area contributed by atoms with Crippen molar-refractivity contribution < 1.29 is 10.2 Å². The molecular weight excluding hydrogens is 212 g/mol. The van der Waals surface area contributed by atoms with Crippen LogP contribution in [0.25, 0.3) is 0 Å². The highest BCUT2D eigenvalue weighted by atomic mass is 16.3. The van der Waals surface area contributed by atoms with Crippen LogP contribution in [0.15, 0.2) is 48.3 Å². The van der Waals surface area contributed by atoms with E-state index in [0.717, 1.165) is 11.1 Å².